The third-order valence-electron chi connectivity index (χ3n) is 3.13. The minimum atomic E-state index is 0. The quantitative estimate of drug-likeness (QED) is 0.498. The molecule has 0 radical (unpaired) electrons. The topological polar surface area (TPSA) is 24.1 Å². The number of halogens is 1. The minimum Gasteiger partial charge on any atom is -1.00 e. The van der Waals surface area contributed by atoms with Crippen molar-refractivity contribution in [2.75, 3.05) is 6.61 Å². The van der Waals surface area contributed by atoms with Crippen molar-refractivity contribution in [3.8, 4) is 0 Å². The SMILES string of the molecule is CCCCc1cccc[n+]1CCCCCCO.[Br-]. The van der Waals surface area contributed by atoms with E-state index < -0.39 is 0 Å². The Morgan fingerprint density at radius 1 is 1.06 bits per heavy atom. The Hall–Kier alpha value is -0.410. The number of pyridine rings is 1. The Labute approximate surface area is 122 Å². The van der Waals surface area contributed by atoms with Crippen molar-refractivity contribution >= 4 is 0 Å². The lowest BCUT2D eigenvalue weighted by atomic mass is 10.1. The summed E-state index contributed by atoms with van der Waals surface area (Å²) in [6.45, 7) is 3.69. The van der Waals surface area contributed by atoms with Crippen LogP contribution in [0.5, 0.6) is 0 Å². The number of hydrogen-bond donors (Lipinski definition) is 1. The summed E-state index contributed by atoms with van der Waals surface area (Å²) in [4.78, 5) is 0. The molecule has 1 aromatic heterocycles. The maximum absolute atomic E-state index is 8.72. The molecule has 2 nitrogen and oxygen atoms in total. The zero-order valence-corrected chi connectivity index (χ0v) is 13.0. The lowest BCUT2D eigenvalue weighted by Crippen LogP contribution is -3.00. The van der Waals surface area contributed by atoms with E-state index in [1.807, 2.05) is 0 Å². The van der Waals surface area contributed by atoms with Crippen LogP contribution in [0, 0.1) is 0 Å². The van der Waals surface area contributed by atoms with Gasteiger partial charge in [-0.1, -0.05) is 25.8 Å². The second-order valence-corrected chi connectivity index (χ2v) is 4.63. The number of rotatable bonds is 9. The average molecular weight is 316 g/mol. The molecule has 1 N–H and O–H groups in total. The molecule has 0 spiro atoms. The lowest BCUT2D eigenvalue weighted by molar-refractivity contribution is -0.704. The third kappa shape index (κ3) is 7.12. The second-order valence-electron chi connectivity index (χ2n) is 4.63. The first kappa shape index (κ1) is 17.6. The van der Waals surface area contributed by atoms with E-state index in [1.54, 1.807) is 0 Å². The molecule has 1 heterocycles. The molecule has 0 bridgehead atoms. The maximum Gasteiger partial charge on any atom is 0.181 e. The minimum absolute atomic E-state index is 0. The summed E-state index contributed by atoms with van der Waals surface area (Å²) in [6.07, 6.45) is 10.4. The molecule has 0 fully saturated rings. The van der Waals surface area contributed by atoms with Crippen molar-refractivity contribution in [1.82, 2.24) is 0 Å². The molecule has 0 aliphatic carbocycles. The summed E-state index contributed by atoms with van der Waals surface area (Å²) in [5.41, 5.74) is 1.46. The van der Waals surface area contributed by atoms with Crippen LogP contribution in [0.4, 0.5) is 0 Å². The molecule has 0 aromatic carbocycles. The molecular formula is C15H26BrNO. The van der Waals surface area contributed by atoms with Crippen molar-refractivity contribution in [1.29, 1.82) is 0 Å². The van der Waals surface area contributed by atoms with Crippen LogP contribution in [0.3, 0.4) is 0 Å². The molecular weight excluding hydrogens is 290 g/mol. The fourth-order valence-electron chi connectivity index (χ4n) is 2.06. The van der Waals surface area contributed by atoms with Crippen molar-refractivity contribution in [2.24, 2.45) is 0 Å². The van der Waals surface area contributed by atoms with Crippen LogP contribution in [0.25, 0.3) is 0 Å². The molecule has 1 rings (SSSR count). The highest BCUT2D eigenvalue weighted by Crippen LogP contribution is 2.02. The van der Waals surface area contributed by atoms with Crippen molar-refractivity contribution in [3.63, 3.8) is 0 Å². The van der Waals surface area contributed by atoms with Gasteiger partial charge in [0.1, 0.15) is 6.54 Å². The van der Waals surface area contributed by atoms with Crippen LogP contribution in [-0.2, 0) is 13.0 Å². The molecule has 0 amide bonds. The first-order valence-electron chi connectivity index (χ1n) is 6.96. The first-order chi connectivity index (χ1) is 8.38. The van der Waals surface area contributed by atoms with Crippen LogP contribution in [-0.4, -0.2) is 11.7 Å². The molecule has 104 valence electrons. The van der Waals surface area contributed by atoms with E-state index in [-0.39, 0.29) is 17.0 Å². The van der Waals surface area contributed by atoms with E-state index in [9.17, 15) is 0 Å². The molecule has 0 saturated heterocycles. The van der Waals surface area contributed by atoms with E-state index >= 15 is 0 Å². The van der Waals surface area contributed by atoms with Crippen LogP contribution in [0.15, 0.2) is 24.4 Å². The molecule has 0 saturated carbocycles. The Morgan fingerprint density at radius 2 is 1.83 bits per heavy atom. The lowest BCUT2D eigenvalue weighted by Gasteiger charge is -2.03. The number of hydrogen-bond acceptors (Lipinski definition) is 1. The third-order valence-corrected chi connectivity index (χ3v) is 3.13. The Morgan fingerprint density at radius 3 is 2.56 bits per heavy atom. The summed E-state index contributed by atoms with van der Waals surface area (Å²) in [6, 6.07) is 6.49. The second kappa shape index (κ2) is 11.7. The molecule has 1 aromatic rings. The van der Waals surface area contributed by atoms with Crippen molar-refractivity contribution < 1.29 is 26.7 Å². The van der Waals surface area contributed by atoms with Crippen LogP contribution < -0.4 is 21.5 Å². The number of unbranched alkanes of at least 4 members (excludes halogenated alkanes) is 4. The standard InChI is InChI=1S/C15H26NO.BrH/c1-2-3-10-15-11-6-8-13-16(15)12-7-4-5-9-14-17;/h6,8,11,13,17H,2-5,7,9-10,12,14H2,1H3;1H/q+1;/p-1. The number of aliphatic hydroxyl groups is 1. The summed E-state index contributed by atoms with van der Waals surface area (Å²) in [5, 5.41) is 8.72. The zero-order chi connectivity index (χ0) is 12.3. The number of aromatic nitrogens is 1. The molecule has 0 atom stereocenters. The van der Waals surface area contributed by atoms with Crippen molar-refractivity contribution in [2.45, 2.75) is 58.4 Å². The number of nitrogens with zero attached hydrogens (tertiary/aromatic N) is 1. The summed E-state index contributed by atoms with van der Waals surface area (Å²) in [5.74, 6) is 0. The monoisotopic (exact) mass is 315 g/mol. The Kier molecular flexibility index (Phi) is 11.4. The van der Waals surface area contributed by atoms with Gasteiger partial charge in [0.2, 0.25) is 0 Å². The van der Waals surface area contributed by atoms with Crippen LogP contribution >= 0.6 is 0 Å². The molecule has 0 aliphatic heterocycles. The molecule has 18 heavy (non-hydrogen) atoms. The highest BCUT2D eigenvalue weighted by Gasteiger charge is 2.07. The Balaban J connectivity index is 0.00000289. The molecule has 0 aliphatic rings. The van der Waals surface area contributed by atoms with Crippen molar-refractivity contribution in [3.05, 3.63) is 30.1 Å². The van der Waals surface area contributed by atoms with E-state index in [4.69, 9.17) is 5.11 Å². The zero-order valence-electron chi connectivity index (χ0n) is 11.4. The summed E-state index contributed by atoms with van der Waals surface area (Å²) >= 11 is 0. The van der Waals surface area contributed by atoms with Gasteiger partial charge < -0.3 is 22.1 Å². The van der Waals surface area contributed by atoms with Gasteiger partial charge in [-0.2, -0.15) is 0 Å². The fraction of sp³-hybridized carbons (Fsp3) is 0.667. The maximum atomic E-state index is 8.72. The number of aliphatic hydroxyl groups excluding tert-OH is 1. The normalized spacial score (nSPS) is 10.1. The van der Waals surface area contributed by atoms with Gasteiger partial charge in [0, 0.05) is 31.6 Å². The highest BCUT2D eigenvalue weighted by molar-refractivity contribution is 4.97. The average Bonchev–Trinajstić information content (AvgIpc) is 2.37. The predicted octanol–water partition coefficient (Wildman–Crippen LogP) is -0.127. The fourth-order valence-corrected chi connectivity index (χ4v) is 2.06. The Bertz CT molecular complexity index is 304. The summed E-state index contributed by atoms with van der Waals surface area (Å²) in [7, 11) is 0. The van der Waals surface area contributed by atoms with Gasteiger partial charge in [-0.15, -0.1) is 0 Å². The largest absolute Gasteiger partial charge is 1.00 e. The van der Waals surface area contributed by atoms with Gasteiger partial charge in [0.25, 0.3) is 0 Å². The van der Waals surface area contributed by atoms with Gasteiger partial charge in [0.05, 0.1) is 0 Å². The van der Waals surface area contributed by atoms with Gasteiger partial charge in [-0.3, -0.25) is 0 Å². The molecule has 0 unspecified atom stereocenters. The van der Waals surface area contributed by atoms with Crippen LogP contribution in [0.2, 0.25) is 0 Å². The molecule has 3 heteroatoms. The predicted molar refractivity (Wildman–Crippen MR) is 70.8 cm³/mol. The van der Waals surface area contributed by atoms with Gasteiger partial charge >= 0.3 is 0 Å². The van der Waals surface area contributed by atoms with E-state index in [1.165, 1.54) is 37.8 Å². The van der Waals surface area contributed by atoms with Gasteiger partial charge in [-0.05, 0) is 19.3 Å². The van der Waals surface area contributed by atoms with Gasteiger partial charge in [0.15, 0.2) is 11.9 Å². The van der Waals surface area contributed by atoms with Gasteiger partial charge in [-0.25, -0.2) is 4.57 Å². The van der Waals surface area contributed by atoms with Crippen LogP contribution in [0.1, 0.15) is 51.1 Å². The highest BCUT2D eigenvalue weighted by atomic mass is 79.9. The number of aryl methyl sites for hydroxylation is 2. The van der Waals surface area contributed by atoms with E-state index in [2.05, 4.69) is 35.9 Å². The van der Waals surface area contributed by atoms with E-state index in [0.29, 0.717) is 6.61 Å². The van der Waals surface area contributed by atoms with E-state index in [0.717, 1.165) is 19.4 Å². The smallest absolute Gasteiger partial charge is 0.181 e. The summed E-state index contributed by atoms with van der Waals surface area (Å²) < 4.78 is 2.38. The first-order valence-corrected chi connectivity index (χ1v) is 6.96.